The first-order valence-corrected chi connectivity index (χ1v) is 10.1. The molecule has 2 N–H and O–H groups in total. The number of benzene rings is 3. The lowest BCUT2D eigenvalue weighted by molar-refractivity contribution is 0.821. The normalized spacial score (nSPS) is 17.5. The Morgan fingerprint density at radius 2 is 1.55 bits per heavy atom. The molecule has 0 saturated heterocycles. The highest BCUT2D eigenvalue weighted by atomic mass is 15.3. The molecule has 4 nitrogen and oxygen atoms in total. The SMILES string of the molecule is CCN=C1NN=C(c2ccc(-c3ccccc3)cc2)CC1Nc1ccc(C)cc1. The van der Waals surface area contributed by atoms with Gasteiger partial charge in [-0.3, -0.25) is 10.4 Å². The number of nitrogens with zero attached hydrogens (tertiary/aromatic N) is 2. The van der Waals surface area contributed by atoms with E-state index in [1.54, 1.807) is 0 Å². The number of hydrazone groups is 1. The standard InChI is InChI=1S/C25H26N4/c1-3-26-25-24(27-22-15-9-18(2)10-16-22)17-23(28-29-25)21-13-11-20(12-14-21)19-7-5-4-6-8-19/h4-16,24,27H,3,17H2,1-2H3,(H,26,29). The second kappa shape index (κ2) is 8.74. The van der Waals surface area contributed by atoms with Crippen LogP contribution in [-0.4, -0.2) is 24.1 Å². The average molecular weight is 383 g/mol. The van der Waals surface area contributed by atoms with Crippen LogP contribution in [0.15, 0.2) is 89.0 Å². The Labute approximate surface area is 172 Å². The van der Waals surface area contributed by atoms with Gasteiger partial charge in [-0.05, 0) is 42.7 Å². The fourth-order valence-corrected chi connectivity index (χ4v) is 3.49. The Hall–Kier alpha value is -3.40. The molecule has 3 aromatic rings. The minimum Gasteiger partial charge on any atom is -0.375 e. The smallest absolute Gasteiger partial charge is 0.140 e. The van der Waals surface area contributed by atoms with Gasteiger partial charge in [-0.15, -0.1) is 0 Å². The molecular formula is C25H26N4. The zero-order valence-electron chi connectivity index (χ0n) is 16.9. The summed E-state index contributed by atoms with van der Waals surface area (Å²) in [6, 6.07) is 27.6. The van der Waals surface area contributed by atoms with Gasteiger partial charge in [0.1, 0.15) is 5.84 Å². The summed E-state index contributed by atoms with van der Waals surface area (Å²) in [5.74, 6) is 0.887. The Balaban J connectivity index is 1.55. The highest BCUT2D eigenvalue weighted by molar-refractivity contribution is 6.07. The number of aryl methyl sites for hydroxylation is 1. The second-order valence-electron chi connectivity index (χ2n) is 7.24. The fraction of sp³-hybridized carbons (Fsp3) is 0.200. The summed E-state index contributed by atoms with van der Waals surface area (Å²) in [5.41, 5.74) is 10.1. The maximum absolute atomic E-state index is 4.60. The minimum absolute atomic E-state index is 0.0685. The fourth-order valence-electron chi connectivity index (χ4n) is 3.49. The summed E-state index contributed by atoms with van der Waals surface area (Å²) >= 11 is 0. The molecule has 0 saturated carbocycles. The summed E-state index contributed by atoms with van der Waals surface area (Å²) in [5, 5.41) is 8.21. The van der Waals surface area contributed by atoms with Gasteiger partial charge >= 0.3 is 0 Å². The molecule has 1 unspecified atom stereocenters. The van der Waals surface area contributed by atoms with Crippen molar-refractivity contribution in [1.29, 1.82) is 0 Å². The van der Waals surface area contributed by atoms with Crippen molar-refractivity contribution in [1.82, 2.24) is 5.43 Å². The Morgan fingerprint density at radius 1 is 0.897 bits per heavy atom. The van der Waals surface area contributed by atoms with Gasteiger partial charge in [0.15, 0.2) is 0 Å². The van der Waals surface area contributed by atoms with E-state index in [0.717, 1.165) is 35.8 Å². The number of aliphatic imine (C=N–C) groups is 1. The van der Waals surface area contributed by atoms with E-state index >= 15 is 0 Å². The lowest BCUT2D eigenvalue weighted by Gasteiger charge is -2.26. The predicted octanol–water partition coefficient (Wildman–Crippen LogP) is 5.26. The number of hydrogen-bond acceptors (Lipinski definition) is 3. The molecule has 1 aliphatic heterocycles. The zero-order chi connectivity index (χ0) is 20.1. The molecule has 0 aromatic heterocycles. The highest BCUT2D eigenvalue weighted by Crippen LogP contribution is 2.22. The second-order valence-corrected chi connectivity index (χ2v) is 7.24. The Kier molecular flexibility index (Phi) is 5.71. The van der Waals surface area contributed by atoms with Crippen molar-refractivity contribution in [2.75, 3.05) is 11.9 Å². The first-order valence-electron chi connectivity index (χ1n) is 10.1. The van der Waals surface area contributed by atoms with Gasteiger partial charge in [0.05, 0.1) is 11.8 Å². The lowest BCUT2D eigenvalue weighted by atomic mass is 9.97. The van der Waals surface area contributed by atoms with Crippen LogP contribution in [-0.2, 0) is 0 Å². The first kappa shape index (κ1) is 18.9. The molecule has 4 heteroatoms. The zero-order valence-corrected chi connectivity index (χ0v) is 16.9. The topological polar surface area (TPSA) is 48.8 Å². The third kappa shape index (κ3) is 4.54. The third-order valence-corrected chi connectivity index (χ3v) is 5.08. The van der Waals surface area contributed by atoms with E-state index in [1.807, 2.05) is 13.0 Å². The first-order chi connectivity index (χ1) is 14.2. The molecule has 3 aromatic carbocycles. The van der Waals surface area contributed by atoms with Crippen molar-refractivity contribution in [3.05, 3.63) is 90.0 Å². The van der Waals surface area contributed by atoms with E-state index in [2.05, 4.69) is 101 Å². The van der Waals surface area contributed by atoms with E-state index in [4.69, 9.17) is 0 Å². The van der Waals surface area contributed by atoms with Crippen molar-refractivity contribution in [2.24, 2.45) is 10.1 Å². The maximum atomic E-state index is 4.60. The molecule has 0 aliphatic carbocycles. The van der Waals surface area contributed by atoms with Crippen LogP contribution in [0.1, 0.15) is 24.5 Å². The molecule has 1 atom stereocenters. The lowest BCUT2D eigenvalue weighted by Crippen LogP contribution is -2.43. The van der Waals surface area contributed by atoms with Crippen LogP contribution in [0.25, 0.3) is 11.1 Å². The average Bonchev–Trinajstić information content (AvgIpc) is 2.77. The molecule has 146 valence electrons. The summed E-state index contributed by atoms with van der Waals surface area (Å²) in [4.78, 5) is 4.60. The number of amidine groups is 1. The van der Waals surface area contributed by atoms with Crippen LogP contribution in [0.2, 0.25) is 0 Å². The van der Waals surface area contributed by atoms with Gasteiger partial charge in [0.25, 0.3) is 0 Å². The van der Waals surface area contributed by atoms with E-state index in [1.165, 1.54) is 16.7 Å². The molecular weight excluding hydrogens is 356 g/mol. The Morgan fingerprint density at radius 3 is 2.24 bits per heavy atom. The molecule has 4 rings (SSSR count). The van der Waals surface area contributed by atoms with Crippen molar-refractivity contribution >= 4 is 17.2 Å². The largest absolute Gasteiger partial charge is 0.375 e. The molecule has 0 spiro atoms. The van der Waals surface area contributed by atoms with E-state index in [-0.39, 0.29) is 6.04 Å². The van der Waals surface area contributed by atoms with Gasteiger partial charge < -0.3 is 5.32 Å². The van der Waals surface area contributed by atoms with Gasteiger partial charge in [-0.25, -0.2) is 0 Å². The van der Waals surface area contributed by atoms with Crippen LogP contribution in [0.4, 0.5) is 5.69 Å². The van der Waals surface area contributed by atoms with Crippen molar-refractivity contribution in [3.63, 3.8) is 0 Å². The molecule has 0 fully saturated rings. The summed E-state index contributed by atoms with van der Waals surface area (Å²) in [7, 11) is 0. The van der Waals surface area contributed by atoms with Crippen LogP contribution in [0, 0.1) is 6.92 Å². The van der Waals surface area contributed by atoms with E-state index in [9.17, 15) is 0 Å². The summed E-state index contributed by atoms with van der Waals surface area (Å²) in [6.07, 6.45) is 0.782. The predicted molar refractivity (Wildman–Crippen MR) is 123 cm³/mol. The summed E-state index contributed by atoms with van der Waals surface area (Å²) < 4.78 is 0. The van der Waals surface area contributed by atoms with E-state index in [0.29, 0.717) is 0 Å². The van der Waals surface area contributed by atoms with Crippen molar-refractivity contribution in [3.8, 4) is 11.1 Å². The molecule has 1 heterocycles. The number of rotatable bonds is 5. The minimum atomic E-state index is 0.0685. The number of nitrogens with one attached hydrogen (secondary N) is 2. The van der Waals surface area contributed by atoms with Gasteiger partial charge in [-0.2, -0.15) is 5.10 Å². The number of anilines is 1. The highest BCUT2D eigenvalue weighted by Gasteiger charge is 2.24. The monoisotopic (exact) mass is 382 g/mol. The van der Waals surface area contributed by atoms with Crippen LogP contribution < -0.4 is 10.7 Å². The number of hydrogen-bond donors (Lipinski definition) is 2. The summed E-state index contributed by atoms with van der Waals surface area (Å²) in [6.45, 7) is 4.87. The van der Waals surface area contributed by atoms with Gasteiger partial charge in [0, 0.05) is 18.7 Å². The molecule has 29 heavy (non-hydrogen) atoms. The maximum Gasteiger partial charge on any atom is 0.140 e. The molecule has 0 bridgehead atoms. The van der Waals surface area contributed by atoms with Crippen LogP contribution in [0.3, 0.4) is 0 Å². The van der Waals surface area contributed by atoms with E-state index < -0.39 is 0 Å². The third-order valence-electron chi connectivity index (χ3n) is 5.08. The van der Waals surface area contributed by atoms with Crippen molar-refractivity contribution in [2.45, 2.75) is 26.3 Å². The molecule has 0 amide bonds. The van der Waals surface area contributed by atoms with Crippen molar-refractivity contribution < 1.29 is 0 Å². The molecule has 1 aliphatic rings. The van der Waals surface area contributed by atoms with Crippen LogP contribution >= 0.6 is 0 Å². The Bertz CT molecular complexity index is 1000. The quantitative estimate of drug-likeness (QED) is 0.632. The van der Waals surface area contributed by atoms with Gasteiger partial charge in [-0.1, -0.05) is 72.3 Å². The van der Waals surface area contributed by atoms with Gasteiger partial charge in [0.2, 0.25) is 0 Å². The van der Waals surface area contributed by atoms with Crippen LogP contribution in [0.5, 0.6) is 0 Å². The molecule has 0 radical (unpaired) electrons.